The molecule has 0 saturated carbocycles. The van der Waals surface area contributed by atoms with Crippen LogP contribution in [0.3, 0.4) is 0 Å². The van der Waals surface area contributed by atoms with Gasteiger partial charge in [0, 0.05) is 19.3 Å². The molecule has 4 atom stereocenters. The zero-order valence-corrected chi connectivity index (χ0v) is 21.8. The first-order valence-electron chi connectivity index (χ1n) is 12.3. The molecule has 1 rings (SSSR count). The van der Waals surface area contributed by atoms with E-state index in [1.54, 1.807) is 13.8 Å². The van der Waals surface area contributed by atoms with E-state index in [1.165, 1.54) is 24.3 Å². The van der Waals surface area contributed by atoms with Gasteiger partial charge in [-0.2, -0.15) is 0 Å². The molecule has 0 saturated heterocycles. The lowest BCUT2D eigenvalue weighted by molar-refractivity contribution is -0.143. The van der Waals surface area contributed by atoms with Crippen molar-refractivity contribution in [3.05, 3.63) is 29.8 Å². The highest BCUT2D eigenvalue weighted by Crippen LogP contribution is 2.13. The molecule has 216 valence electrons. The fraction of sp³-hybridized carbons (Fsp3) is 0.520. The lowest BCUT2D eigenvalue weighted by atomic mass is 10.0. The number of carbonyl (C=O) groups excluding carboxylic acids is 3. The molecule has 0 radical (unpaired) electrons. The smallest absolute Gasteiger partial charge is 0.326 e. The van der Waals surface area contributed by atoms with Crippen molar-refractivity contribution >= 4 is 35.6 Å². The summed E-state index contributed by atoms with van der Waals surface area (Å²) >= 11 is 0. The maximum absolute atomic E-state index is 13.1. The summed E-state index contributed by atoms with van der Waals surface area (Å²) in [6.45, 7) is 3.55. The van der Waals surface area contributed by atoms with E-state index in [2.05, 4.69) is 16.0 Å². The molecule has 1 aromatic rings. The van der Waals surface area contributed by atoms with E-state index in [0.29, 0.717) is 5.56 Å². The van der Waals surface area contributed by atoms with Gasteiger partial charge in [-0.3, -0.25) is 24.0 Å². The Morgan fingerprint density at radius 1 is 0.744 bits per heavy atom. The van der Waals surface area contributed by atoms with E-state index in [4.69, 9.17) is 15.9 Å². The van der Waals surface area contributed by atoms with Crippen LogP contribution in [-0.4, -0.2) is 80.2 Å². The van der Waals surface area contributed by atoms with Gasteiger partial charge in [0.15, 0.2) is 0 Å². The number of amides is 3. The quantitative estimate of drug-likeness (QED) is 0.123. The van der Waals surface area contributed by atoms with Gasteiger partial charge in [0.1, 0.15) is 23.9 Å². The third-order valence-electron chi connectivity index (χ3n) is 5.62. The summed E-state index contributed by atoms with van der Waals surface area (Å²) in [4.78, 5) is 72.3. The van der Waals surface area contributed by atoms with Crippen molar-refractivity contribution in [3.8, 4) is 5.75 Å². The van der Waals surface area contributed by atoms with Gasteiger partial charge in [-0.25, -0.2) is 4.79 Å². The molecule has 0 aromatic heterocycles. The molecule has 0 fully saturated rings. The highest BCUT2D eigenvalue weighted by atomic mass is 16.4. The second-order valence-electron chi connectivity index (χ2n) is 9.49. The third kappa shape index (κ3) is 12.7. The molecule has 0 bridgehead atoms. The van der Waals surface area contributed by atoms with Crippen LogP contribution in [0, 0.1) is 5.92 Å². The van der Waals surface area contributed by atoms with Crippen molar-refractivity contribution in [1.82, 2.24) is 16.0 Å². The number of phenols is 1. The predicted octanol–water partition coefficient (Wildman–Crippen LogP) is -0.423. The minimum atomic E-state index is -1.44. The van der Waals surface area contributed by atoms with Gasteiger partial charge in [0.2, 0.25) is 17.7 Å². The summed E-state index contributed by atoms with van der Waals surface area (Å²) in [5.74, 6) is -6.46. The zero-order valence-electron chi connectivity index (χ0n) is 21.8. The van der Waals surface area contributed by atoms with Crippen molar-refractivity contribution < 1.29 is 49.2 Å². The minimum absolute atomic E-state index is 0.0395. The molecule has 0 aliphatic heterocycles. The summed E-state index contributed by atoms with van der Waals surface area (Å²) in [7, 11) is 0. The van der Waals surface area contributed by atoms with Gasteiger partial charge >= 0.3 is 17.9 Å². The third-order valence-corrected chi connectivity index (χ3v) is 5.62. The van der Waals surface area contributed by atoms with Crippen molar-refractivity contribution in [3.63, 3.8) is 0 Å². The monoisotopic (exact) mass is 552 g/mol. The topological polar surface area (TPSA) is 245 Å². The van der Waals surface area contributed by atoms with Crippen molar-refractivity contribution in [1.29, 1.82) is 0 Å². The Kier molecular flexibility index (Phi) is 13.4. The van der Waals surface area contributed by atoms with E-state index >= 15 is 0 Å². The molecule has 1 aromatic carbocycles. The Labute approximate surface area is 225 Å². The molecular formula is C25H36N4O10. The van der Waals surface area contributed by atoms with E-state index in [-0.39, 0.29) is 37.4 Å². The highest BCUT2D eigenvalue weighted by molar-refractivity contribution is 5.94. The molecule has 4 unspecified atom stereocenters. The summed E-state index contributed by atoms with van der Waals surface area (Å²) in [6.07, 6.45) is -1.52. The number of aliphatic carboxylic acids is 3. The van der Waals surface area contributed by atoms with Crippen molar-refractivity contribution in [2.75, 3.05) is 0 Å². The molecule has 14 nitrogen and oxygen atoms in total. The molecule has 0 spiro atoms. The van der Waals surface area contributed by atoms with E-state index in [9.17, 15) is 39.0 Å². The molecule has 14 heteroatoms. The predicted molar refractivity (Wildman–Crippen MR) is 136 cm³/mol. The second-order valence-corrected chi connectivity index (χ2v) is 9.49. The second kappa shape index (κ2) is 15.9. The van der Waals surface area contributed by atoms with Crippen molar-refractivity contribution in [2.45, 2.75) is 76.5 Å². The maximum atomic E-state index is 13.1. The number of benzene rings is 1. The number of aromatic hydroxyl groups is 1. The number of hydrogen-bond acceptors (Lipinski definition) is 8. The van der Waals surface area contributed by atoms with Gasteiger partial charge in [-0.05, 0) is 42.9 Å². The molecule has 39 heavy (non-hydrogen) atoms. The first-order chi connectivity index (χ1) is 18.2. The standard InChI is InChI=1S/C25H36N4O10/c1-13(2)11-19(25(38)39)29-24(37)18(12-14-3-5-15(30)6-4-14)28-23(36)17(8-10-21(33)34)27-22(35)16(26)7-9-20(31)32/h3-6,13,16-19,30H,7-12,26H2,1-2H3,(H,27,35)(H,28,36)(H,29,37)(H,31,32)(H,33,34)(H,38,39). The van der Waals surface area contributed by atoms with Crippen LogP contribution in [0.5, 0.6) is 5.75 Å². The average molecular weight is 553 g/mol. The van der Waals surface area contributed by atoms with Gasteiger partial charge in [-0.15, -0.1) is 0 Å². The van der Waals surface area contributed by atoms with Gasteiger partial charge in [0.05, 0.1) is 6.04 Å². The van der Waals surface area contributed by atoms with Crippen LogP contribution in [0.4, 0.5) is 0 Å². The molecule has 0 aliphatic rings. The van der Waals surface area contributed by atoms with Crippen LogP contribution in [0.25, 0.3) is 0 Å². The number of carboxylic acid groups (broad SMARTS) is 3. The Bertz CT molecular complexity index is 1030. The highest BCUT2D eigenvalue weighted by Gasteiger charge is 2.31. The first kappa shape index (κ1) is 32.8. The average Bonchev–Trinajstić information content (AvgIpc) is 2.84. The lowest BCUT2D eigenvalue weighted by Gasteiger charge is -2.25. The Balaban J connectivity index is 3.17. The minimum Gasteiger partial charge on any atom is -0.508 e. The molecular weight excluding hydrogens is 516 g/mol. The Morgan fingerprint density at radius 2 is 1.23 bits per heavy atom. The van der Waals surface area contributed by atoms with Gasteiger partial charge < -0.3 is 42.1 Å². The van der Waals surface area contributed by atoms with E-state index in [1.807, 2.05) is 0 Å². The van der Waals surface area contributed by atoms with Gasteiger partial charge in [0.25, 0.3) is 0 Å². The number of nitrogens with two attached hydrogens (primary N) is 1. The molecule has 9 N–H and O–H groups in total. The van der Waals surface area contributed by atoms with Crippen LogP contribution >= 0.6 is 0 Å². The Morgan fingerprint density at radius 3 is 1.74 bits per heavy atom. The van der Waals surface area contributed by atoms with Crippen LogP contribution in [0.2, 0.25) is 0 Å². The summed E-state index contributed by atoms with van der Waals surface area (Å²) < 4.78 is 0. The summed E-state index contributed by atoms with van der Waals surface area (Å²) in [5, 5.41) is 44.1. The maximum Gasteiger partial charge on any atom is 0.326 e. The number of rotatable bonds is 17. The molecule has 0 aliphatic carbocycles. The van der Waals surface area contributed by atoms with E-state index < -0.39 is 72.6 Å². The van der Waals surface area contributed by atoms with Crippen molar-refractivity contribution in [2.24, 2.45) is 11.7 Å². The zero-order chi connectivity index (χ0) is 29.7. The Hall–Kier alpha value is -4.20. The van der Waals surface area contributed by atoms with Crippen LogP contribution in [0.1, 0.15) is 51.5 Å². The van der Waals surface area contributed by atoms with Crippen LogP contribution in [-0.2, 0) is 35.2 Å². The molecule has 3 amide bonds. The first-order valence-corrected chi connectivity index (χ1v) is 12.3. The fourth-order valence-electron chi connectivity index (χ4n) is 3.54. The van der Waals surface area contributed by atoms with Gasteiger partial charge in [-0.1, -0.05) is 26.0 Å². The normalized spacial score (nSPS) is 13.9. The number of phenolic OH excluding ortho intramolecular Hbond substituents is 1. The van der Waals surface area contributed by atoms with Crippen LogP contribution in [0.15, 0.2) is 24.3 Å². The largest absolute Gasteiger partial charge is 0.508 e. The lowest BCUT2D eigenvalue weighted by Crippen LogP contribution is -2.57. The summed E-state index contributed by atoms with van der Waals surface area (Å²) in [5.41, 5.74) is 6.20. The number of carboxylic acids is 3. The van der Waals surface area contributed by atoms with Crippen LogP contribution < -0.4 is 21.7 Å². The summed E-state index contributed by atoms with van der Waals surface area (Å²) in [6, 6.07) is 0.409. The number of hydrogen-bond donors (Lipinski definition) is 8. The van der Waals surface area contributed by atoms with E-state index in [0.717, 1.165) is 0 Å². The number of carbonyl (C=O) groups is 6. The molecule has 0 heterocycles. The number of nitrogens with one attached hydrogen (secondary N) is 3. The fourth-order valence-corrected chi connectivity index (χ4v) is 3.54. The SMILES string of the molecule is CC(C)CC(NC(=O)C(Cc1ccc(O)cc1)NC(=O)C(CCC(=O)O)NC(=O)C(N)CCC(=O)O)C(=O)O.